The zero-order valence-corrected chi connectivity index (χ0v) is 11.1. The molecule has 0 aliphatic heterocycles. The van der Waals surface area contributed by atoms with Crippen LogP contribution in [0, 0.1) is 11.6 Å². The topological polar surface area (TPSA) is 57.6 Å². The highest BCUT2D eigenvalue weighted by Crippen LogP contribution is 2.19. The van der Waals surface area contributed by atoms with Crippen molar-refractivity contribution < 1.29 is 22.3 Å². The third-order valence-corrected chi connectivity index (χ3v) is 4.01. The molecule has 1 aromatic carbocycles. The van der Waals surface area contributed by atoms with Crippen LogP contribution in [0.2, 0.25) is 0 Å². The number of hydrogen-bond acceptors (Lipinski definition) is 3. The van der Waals surface area contributed by atoms with Crippen LogP contribution >= 0.6 is 0 Å². The zero-order valence-electron chi connectivity index (χ0n) is 10.3. The minimum absolute atomic E-state index is 0.158. The number of sulfonamides is 1. The number of likely N-dealkylation sites (N-methyl/N-ethyl adjacent to an activating group) is 1. The van der Waals surface area contributed by atoms with Crippen LogP contribution in [0.15, 0.2) is 23.1 Å². The molecule has 0 heterocycles. The van der Waals surface area contributed by atoms with Crippen molar-refractivity contribution in [3.8, 4) is 0 Å². The van der Waals surface area contributed by atoms with Crippen molar-refractivity contribution in [1.82, 2.24) is 4.31 Å². The van der Waals surface area contributed by atoms with Crippen molar-refractivity contribution in [2.24, 2.45) is 0 Å². The third kappa shape index (κ3) is 3.47. The van der Waals surface area contributed by atoms with Crippen molar-refractivity contribution in [1.29, 1.82) is 0 Å². The molecular weight excluding hydrogens is 264 g/mol. The Balaban J connectivity index is 3.10. The molecule has 0 aliphatic rings. The molecule has 18 heavy (non-hydrogen) atoms. The summed E-state index contributed by atoms with van der Waals surface area (Å²) in [7, 11) is -2.69. The second kappa shape index (κ2) is 4.91. The molecule has 0 radical (unpaired) electrons. The summed E-state index contributed by atoms with van der Waals surface area (Å²) in [6, 6.07) is 2.35. The molecule has 0 unspecified atom stereocenters. The van der Waals surface area contributed by atoms with Crippen molar-refractivity contribution in [2.45, 2.75) is 24.3 Å². The summed E-state index contributed by atoms with van der Waals surface area (Å²) in [6.07, 6.45) is 0. The Kier molecular flexibility index (Phi) is 4.09. The molecule has 0 aliphatic carbocycles. The molecule has 0 bridgehead atoms. The van der Waals surface area contributed by atoms with Crippen LogP contribution in [0.3, 0.4) is 0 Å². The number of aliphatic hydroxyl groups is 1. The zero-order chi connectivity index (χ0) is 14.1. The van der Waals surface area contributed by atoms with Crippen molar-refractivity contribution in [2.75, 3.05) is 13.6 Å². The fraction of sp³-hybridized carbons (Fsp3) is 0.455. The van der Waals surface area contributed by atoms with E-state index in [4.69, 9.17) is 0 Å². The second-order valence-electron chi connectivity index (χ2n) is 4.65. The third-order valence-electron chi connectivity index (χ3n) is 2.21. The molecule has 0 amide bonds. The molecular formula is C11H15F2NO3S. The van der Waals surface area contributed by atoms with Gasteiger partial charge in [0.25, 0.3) is 0 Å². The maximum atomic E-state index is 13.0. The Morgan fingerprint density at radius 3 is 2.28 bits per heavy atom. The Morgan fingerprint density at radius 2 is 1.83 bits per heavy atom. The van der Waals surface area contributed by atoms with Gasteiger partial charge in [-0.2, -0.15) is 4.31 Å². The van der Waals surface area contributed by atoms with Gasteiger partial charge < -0.3 is 5.11 Å². The van der Waals surface area contributed by atoms with Gasteiger partial charge in [0, 0.05) is 13.6 Å². The van der Waals surface area contributed by atoms with Gasteiger partial charge in [0.1, 0.15) is 0 Å². The first kappa shape index (κ1) is 15.0. The molecule has 0 aromatic heterocycles. The first-order valence-electron chi connectivity index (χ1n) is 5.18. The maximum absolute atomic E-state index is 13.0. The summed E-state index contributed by atoms with van der Waals surface area (Å²) >= 11 is 0. The Morgan fingerprint density at radius 1 is 1.28 bits per heavy atom. The minimum atomic E-state index is -3.94. The van der Waals surface area contributed by atoms with E-state index in [-0.39, 0.29) is 11.4 Å². The van der Waals surface area contributed by atoms with Gasteiger partial charge in [-0.05, 0) is 32.0 Å². The lowest BCUT2D eigenvalue weighted by Crippen LogP contribution is -2.39. The van der Waals surface area contributed by atoms with E-state index in [2.05, 4.69) is 0 Å². The SMILES string of the molecule is CN(CC(C)(C)O)S(=O)(=O)c1ccc(F)c(F)c1. The monoisotopic (exact) mass is 279 g/mol. The number of hydrogen-bond donors (Lipinski definition) is 1. The molecule has 0 saturated carbocycles. The van der Waals surface area contributed by atoms with Crippen LogP contribution in [-0.4, -0.2) is 37.0 Å². The highest BCUT2D eigenvalue weighted by atomic mass is 32.2. The molecule has 0 fully saturated rings. The van der Waals surface area contributed by atoms with E-state index in [1.807, 2.05) is 0 Å². The van der Waals surface area contributed by atoms with Crippen LogP contribution in [0.1, 0.15) is 13.8 Å². The van der Waals surface area contributed by atoms with E-state index >= 15 is 0 Å². The lowest BCUT2D eigenvalue weighted by molar-refractivity contribution is 0.0640. The van der Waals surface area contributed by atoms with Crippen LogP contribution in [0.4, 0.5) is 8.78 Å². The summed E-state index contributed by atoms with van der Waals surface area (Å²) in [5.74, 6) is -2.34. The smallest absolute Gasteiger partial charge is 0.243 e. The molecule has 102 valence electrons. The van der Waals surface area contributed by atoms with E-state index in [9.17, 15) is 22.3 Å². The van der Waals surface area contributed by atoms with Crippen molar-refractivity contribution >= 4 is 10.0 Å². The van der Waals surface area contributed by atoms with Gasteiger partial charge in [-0.25, -0.2) is 17.2 Å². The normalized spacial score (nSPS) is 13.1. The molecule has 0 atom stereocenters. The number of nitrogens with zero attached hydrogens (tertiary/aromatic N) is 1. The standard InChI is InChI=1S/C11H15F2NO3S/c1-11(2,15)7-14(3)18(16,17)8-4-5-9(12)10(13)6-8/h4-6,15H,7H2,1-3H3. The number of halogens is 2. The van der Waals surface area contributed by atoms with Gasteiger partial charge in [-0.3, -0.25) is 0 Å². The van der Waals surface area contributed by atoms with Gasteiger partial charge in [0.05, 0.1) is 10.5 Å². The fourth-order valence-electron chi connectivity index (χ4n) is 1.45. The average molecular weight is 279 g/mol. The van der Waals surface area contributed by atoms with Crippen molar-refractivity contribution in [3.05, 3.63) is 29.8 Å². The van der Waals surface area contributed by atoms with Gasteiger partial charge in [-0.15, -0.1) is 0 Å². The fourth-order valence-corrected chi connectivity index (χ4v) is 2.79. The lowest BCUT2D eigenvalue weighted by Gasteiger charge is -2.25. The molecule has 1 N–H and O–H groups in total. The molecule has 0 spiro atoms. The minimum Gasteiger partial charge on any atom is -0.389 e. The summed E-state index contributed by atoms with van der Waals surface area (Å²) in [4.78, 5) is -0.354. The molecule has 1 aromatic rings. The molecule has 1 rings (SSSR count). The number of rotatable bonds is 4. The average Bonchev–Trinajstić information content (AvgIpc) is 2.19. The Labute approximate surface area is 105 Å². The quantitative estimate of drug-likeness (QED) is 0.905. The number of benzene rings is 1. The predicted octanol–water partition coefficient (Wildman–Crippen LogP) is 1.36. The summed E-state index contributed by atoms with van der Waals surface area (Å²) in [6.45, 7) is 2.74. The summed E-state index contributed by atoms with van der Waals surface area (Å²) in [5.41, 5.74) is -1.22. The van der Waals surface area contributed by atoms with Crippen LogP contribution in [0.5, 0.6) is 0 Å². The van der Waals surface area contributed by atoms with Crippen molar-refractivity contribution in [3.63, 3.8) is 0 Å². The van der Waals surface area contributed by atoms with E-state index in [1.54, 1.807) is 0 Å². The summed E-state index contributed by atoms with van der Waals surface area (Å²) in [5, 5.41) is 9.56. The predicted molar refractivity (Wildman–Crippen MR) is 62.5 cm³/mol. The first-order chi connectivity index (χ1) is 8.04. The molecule has 4 nitrogen and oxygen atoms in total. The van der Waals surface area contributed by atoms with Gasteiger partial charge in [0.15, 0.2) is 11.6 Å². The van der Waals surface area contributed by atoms with Gasteiger partial charge in [0.2, 0.25) is 10.0 Å². The van der Waals surface area contributed by atoms with Crippen LogP contribution in [0.25, 0.3) is 0 Å². The van der Waals surface area contributed by atoms with Crippen LogP contribution in [-0.2, 0) is 10.0 Å². The first-order valence-corrected chi connectivity index (χ1v) is 6.62. The highest BCUT2D eigenvalue weighted by Gasteiger charge is 2.27. The molecule has 7 heteroatoms. The largest absolute Gasteiger partial charge is 0.389 e. The van der Waals surface area contributed by atoms with E-state index in [1.165, 1.54) is 20.9 Å². The summed E-state index contributed by atoms with van der Waals surface area (Å²) < 4.78 is 50.6. The van der Waals surface area contributed by atoms with E-state index in [0.29, 0.717) is 6.07 Å². The second-order valence-corrected chi connectivity index (χ2v) is 6.69. The van der Waals surface area contributed by atoms with Crippen LogP contribution < -0.4 is 0 Å². The van der Waals surface area contributed by atoms with Gasteiger partial charge >= 0.3 is 0 Å². The Bertz CT molecular complexity index is 538. The highest BCUT2D eigenvalue weighted by molar-refractivity contribution is 7.89. The Hall–Kier alpha value is -1.05. The maximum Gasteiger partial charge on any atom is 0.243 e. The lowest BCUT2D eigenvalue weighted by atomic mass is 10.1. The van der Waals surface area contributed by atoms with E-state index < -0.39 is 27.3 Å². The van der Waals surface area contributed by atoms with E-state index in [0.717, 1.165) is 16.4 Å². The van der Waals surface area contributed by atoms with Gasteiger partial charge in [-0.1, -0.05) is 0 Å². The molecule has 0 saturated heterocycles.